The lowest BCUT2D eigenvalue weighted by atomic mass is 10.1. The molecule has 172 valence electrons. The molecule has 0 aliphatic carbocycles. The molecule has 0 aromatic heterocycles. The fourth-order valence-corrected chi connectivity index (χ4v) is 4.57. The lowest BCUT2D eigenvalue weighted by Gasteiger charge is -2.25. The van der Waals surface area contributed by atoms with Crippen LogP contribution in [0.15, 0.2) is 29.2 Å². The van der Waals surface area contributed by atoms with Gasteiger partial charge in [-0.15, -0.1) is 0 Å². The first-order valence-corrected chi connectivity index (χ1v) is 10.7. The Morgan fingerprint density at radius 2 is 1.66 bits per heavy atom. The number of carbonyl (C=O) groups excluding carboxylic acids is 1. The van der Waals surface area contributed by atoms with Gasteiger partial charge in [-0.2, -0.15) is 9.57 Å². The number of nitrogens with zero attached hydrogens (tertiary/aromatic N) is 2. The van der Waals surface area contributed by atoms with Gasteiger partial charge in [-0.1, -0.05) is 29.8 Å². The smallest absolute Gasteiger partial charge is 0.321 e. The van der Waals surface area contributed by atoms with Crippen molar-refractivity contribution in [3.05, 3.63) is 63.7 Å². The molecule has 0 N–H and O–H groups in total. The second-order valence-corrected chi connectivity index (χ2v) is 9.78. The number of hydrogen-bond donors (Lipinski definition) is 0. The summed E-state index contributed by atoms with van der Waals surface area (Å²) in [6, 6.07) is 7.51. The van der Waals surface area contributed by atoms with Gasteiger partial charge in [-0.3, -0.25) is 4.79 Å². The Morgan fingerprint density at radius 1 is 1.09 bits per heavy atom. The summed E-state index contributed by atoms with van der Waals surface area (Å²) < 4.78 is 87.3. The van der Waals surface area contributed by atoms with Crippen molar-refractivity contribution in [2.45, 2.75) is 37.8 Å². The summed E-state index contributed by atoms with van der Waals surface area (Å²) in [5.41, 5.74) is -0.893. The molecule has 6 nitrogen and oxygen atoms in total. The molecule has 0 aliphatic rings. The predicted octanol–water partition coefficient (Wildman–Crippen LogP) is 4.30. The van der Waals surface area contributed by atoms with Crippen molar-refractivity contribution in [1.29, 1.82) is 5.26 Å². The topological polar surface area (TPSA) is 87.5 Å². The number of benzene rings is 2. The van der Waals surface area contributed by atoms with Gasteiger partial charge < -0.3 is 4.74 Å². The SMILES string of the molecule is CC(C)(C)OC(=O)CN(Cc1ccccc1C#N)S(=O)(=O)c1c(F)c(F)c(F)c(F)c1Cl. The van der Waals surface area contributed by atoms with Crippen LogP contribution in [-0.4, -0.2) is 30.8 Å². The van der Waals surface area contributed by atoms with E-state index in [4.69, 9.17) is 16.3 Å². The normalized spacial score (nSPS) is 12.0. The van der Waals surface area contributed by atoms with Crippen molar-refractivity contribution in [2.24, 2.45) is 0 Å². The zero-order valence-electron chi connectivity index (χ0n) is 17.0. The van der Waals surface area contributed by atoms with Gasteiger partial charge in [-0.05, 0) is 32.4 Å². The number of nitriles is 1. The third-order valence-electron chi connectivity index (χ3n) is 3.98. The quantitative estimate of drug-likeness (QED) is 0.260. The van der Waals surface area contributed by atoms with Crippen LogP contribution in [0.4, 0.5) is 17.6 Å². The van der Waals surface area contributed by atoms with E-state index < -0.39 is 67.9 Å². The fourth-order valence-electron chi connectivity index (χ4n) is 2.64. The molecule has 0 fully saturated rings. The first-order chi connectivity index (χ1) is 14.7. The number of rotatable bonds is 6. The Kier molecular flexibility index (Phi) is 7.55. The summed E-state index contributed by atoms with van der Waals surface area (Å²) in [6.07, 6.45) is 0. The minimum Gasteiger partial charge on any atom is -0.459 e. The van der Waals surface area contributed by atoms with E-state index in [2.05, 4.69) is 0 Å². The maximum atomic E-state index is 14.4. The van der Waals surface area contributed by atoms with Crippen LogP contribution in [0, 0.1) is 34.6 Å². The predicted molar refractivity (Wildman–Crippen MR) is 106 cm³/mol. The van der Waals surface area contributed by atoms with E-state index >= 15 is 0 Å². The highest BCUT2D eigenvalue weighted by Crippen LogP contribution is 2.34. The number of sulfonamides is 1. The average Bonchev–Trinajstić information content (AvgIpc) is 2.69. The van der Waals surface area contributed by atoms with Crippen molar-refractivity contribution >= 4 is 27.6 Å². The Balaban J connectivity index is 2.66. The zero-order valence-corrected chi connectivity index (χ0v) is 18.6. The maximum absolute atomic E-state index is 14.4. The van der Waals surface area contributed by atoms with E-state index in [-0.39, 0.29) is 11.1 Å². The molecule has 0 heterocycles. The van der Waals surface area contributed by atoms with Crippen molar-refractivity contribution in [1.82, 2.24) is 4.31 Å². The standard InChI is InChI=1S/C20H17ClF4N2O4S/c1-20(2,3)31-13(28)10-27(9-12-7-5-4-6-11(12)8-26)32(29,30)19-14(21)15(22)16(23)17(24)18(19)25/h4-7H,9-10H2,1-3H3. The highest BCUT2D eigenvalue weighted by atomic mass is 35.5. The molecule has 0 atom stereocenters. The largest absolute Gasteiger partial charge is 0.459 e. The summed E-state index contributed by atoms with van der Waals surface area (Å²) in [6.45, 7) is 2.83. The summed E-state index contributed by atoms with van der Waals surface area (Å²) in [5.74, 6) is -10.1. The van der Waals surface area contributed by atoms with Crippen LogP contribution in [0.1, 0.15) is 31.9 Å². The lowest BCUT2D eigenvalue weighted by Crippen LogP contribution is -2.39. The van der Waals surface area contributed by atoms with Crippen molar-refractivity contribution in [3.8, 4) is 6.07 Å². The summed E-state index contributed by atoms with van der Waals surface area (Å²) in [4.78, 5) is 10.6. The number of carbonyl (C=O) groups is 1. The molecule has 0 aliphatic heterocycles. The van der Waals surface area contributed by atoms with Crippen molar-refractivity contribution < 1.29 is 35.5 Å². The number of halogens is 5. The molecule has 0 spiro atoms. The monoisotopic (exact) mass is 492 g/mol. The molecule has 12 heteroatoms. The maximum Gasteiger partial charge on any atom is 0.321 e. The third kappa shape index (κ3) is 5.38. The summed E-state index contributed by atoms with van der Waals surface area (Å²) >= 11 is 5.51. The summed E-state index contributed by atoms with van der Waals surface area (Å²) in [7, 11) is -5.23. The zero-order chi connectivity index (χ0) is 24.4. The molecule has 0 amide bonds. The first-order valence-electron chi connectivity index (χ1n) is 8.92. The van der Waals surface area contributed by atoms with Gasteiger partial charge in [0.25, 0.3) is 0 Å². The number of ether oxygens (including phenoxy) is 1. The molecule has 2 aromatic rings. The van der Waals surface area contributed by atoms with E-state index in [0.717, 1.165) is 0 Å². The van der Waals surface area contributed by atoms with Gasteiger partial charge in [0.2, 0.25) is 10.0 Å². The molecule has 0 saturated heterocycles. The second-order valence-electron chi connectivity index (χ2n) is 7.53. The van der Waals surface area contributed by atoms with Gasteiger partial charge in [0.05, 0.1) is 11.6 Å². The first kappa shape index (κ1) is 25.6. The molecule has 32 heavy (non-hydrogen) atoms. The van der Waals surface area contributed by atoms with Crippen LogP contribution in [0.3, 0.4) is 0 Å². The van der Waals surface area contributed by atoms with Crippen LogP contribution in [0.2, 0.25) is 5.02 Å². The average molecular weight is 493 g/mol. The van der Waals surface area contributed by atoms with Crippen LogP contribution >= 0.6 is 11.6 Å². The fraction of sp³-hybridized carbons (Fsp3) is 0.300. The third-order valence-corrected chi connectivity index (χ3v) is 6.28. The highest BCUT2D eigenvalue weighted by molar-refractivity contribution is 7.89. The minimum absolute atomic E-state index is 0.0277. The number of hydrogen-bond acceptors (Lipinski definition) is 5. The Hall–Kier alpha value is -2.68. The van der Waals surface area contributed by atoms with Gasteiger partial charge in [0.1, 0.15) is 22.1 Å². The van der Waals surface area contributed by atoms with E-state index in [1.165, 1.54) is 45.0 Å². The Bertz CT molecular complexity index is 1180. The second kappa shape index (κ2) is 9.44. The van der Waals surface area contributed by atoms with E-state index in [0.29, 0.717) is 4.31 Å². The van der Waals surface area contributed by atoms with Gasteiger partial charge in [-0.25, -0.2) is 26.0 Å². The van der Waals surface area contributed by atoms with Crippen LogP contribution in [0.25, 0.3) is 0 Å². The van der Waals surface area contributed by atoms with E-state index in [9.17, 15) is 36.0 Å². The van der Waals surface area contributed by atoms with E-state index in [1.54, 1.807) is 0 Å². The molecule has 2 aromatic carbocycles. The molecule has 2 rings (SSSR count). The molecular formula is C20H17ClF4N2O4S. The molecule has 0 radical (unpaired) electrons. The molecule has 0 bridgehead atoms. The van der Waals surface area contributed by atoms with Crippen LogP contribution in [-0.2, 0) is 26.1 Å². The number of esters is 1. The van der Waals surface area contributed by atoms with E-state index in [1.807, 2.05) is 6.07 Å². The molecule has 0 saturated carbocycles. The Morgan fingerprint density at radius 3 is 2.22 bits per heavy atom. The highest BCUT2D eigenvalue weighted by Gasteiger charge is 2.37. The van der Waals surface area contributed by atoms with Crippen molar-refractivity contribution in [2.75, 3.05) is 6.54 Å². The van der Waals surface area contributed by atoms with Gasteiger partial charge >= 0.3 is 5.97 Å². The molecular weight excluding hydrogens is 476 g/mol. The van der Waals surface area contributed by atoms with Crippen molar-refractivity contribution in [3.63, 3.8) is 0 Å². The van der Waals surface area contributed by atoms with Crippen LogP contribution in [0.5, 0.6) is 0 Å². The van der Waals surface area contributed by atoms with Gasteiger partial charge in [0, 0.05) is 6.54 Å². The van der Waals surface area contributed by atoms with Crippen LogP contribution < -0.4 is 0 Å². The lowest BCUT2D eigenvalue weighted by molar-refractivity contribution is -0.155. The van der Waals surface area contributed by atoms with Gasteiger partial charge in [0.15, 0.2) is 23.3 Å². The Labute approximate surface area is 187 Å². The minimum atomic E-state index is -5.23. The molecule has 0 unspecified atom stereocenters. The summed E-state index contributed by atoms with van der Waals surface area (Å²) in [5, 5.41) is 7.72.